The van der Waals surface area contributed by atoms with Gasteiger partial charge in [0.2, 0.25) is 0 Å². The van der Waals surface area contributed by atoms with Gasteiger partial charge in [0.25, 0.3) is 0 Å². The molecule has 0 radical (unpaired) electrons. The number of nitrogens with zero attached hydrogens (tertiary/aromatic N) is 1. The first-order valence-corrected chi connectivity index (χ1v) is 5.83. The van der Waals surface area contributed by atoms with E-state index in [4.69, 9.17) is 4.74 Å². The molecule has 2 unspecified atom stereocenters. The molecule has 1 aliphatic carbocycles. The predicted molar refractivity (Wildman–Crippen MR) is 55.9 cm³/mol. The Labute approximate surface area is 90.2 Å². The maximum Gasteiger partial charge on any atom is 0.407 e. The smallest absolute Gasteiger partial charge is 0.407 e. The molecule has 1 saturated heterocycles. The lowest BCUT2D eigenvalue weighted by Gasteiger charge is -2.35. The molecule has 2 rings (SSSR count). The molecule has 4 heteroatoms. The molecule has 1 aliphatic heterocycles. The number of rotatable bonds is 3. The van der Waals surface area contributed by atoms with E-state index in [1.54, 1.807) is 4.90 Å². The molecule has 0 aromatic carbocycles. The van der Waals surface area contributed by atoms with Crippen LogP contribution < -0.4 is 0 Å². The largest absolute Gasteiger partial charge is 0.465 e. The van der Waals surface area contributed by atoms with E-state index in [2.05, 4.69) is 0 Å². The highest BCUT2D eigenvalue weighted by Gasteiger charge is 2.39. The average Bonchev–Trinajstić information content (AvgIpc) is 3.02. The molecular weight excluding hydrogens is 194 g/mol. The lowest BCUT2D eigenvalue weighted by Crippen LogP contribution is -2.48. The third-order valence-corrected chi connectivity index (χ3v) is 3.52. The van der Waals surface area contributed by atoms with Crippen molar-refractivity contribution in [2.45, 2.75) is 57.2 Å². The zero-order valence-electron chi connectivity index (χ0n) is 9.19. The molecule has 2 atom stereocenters. The summed E-state index contributed by atoms with van der Waals surface area (Å²) in [6.07, 6.45) is 4.96. The van der Waals surface area contributed by atoms with Gasteiger partial charge >= 0.3 is 6.09 Å². The molecule has 2 fully saturated rings. The van der Waals surface area contributed by atoms with Crippen LogP contribution in [-0.2, 0) is 4.74 Å². The molecule has 0 bridgehead atoms. The standard InChI is InChI=1S/C11H19NO3/c1-8(10-7-15-10)12(11(13)14)9-5-3-2-4-6-9/h8-10H,2-7H2,1H3,(H,13,14). The number of hydrogen-bond donors (Lipinski definition) is 1. The predicted octanol–water partition coefficient (Wildman–Crippen LogP) is 2.09. The fraction of sp³-hybridized carbons (Fsp3) is 0.909. The highest BCUT2D eigenvalue weighted by Crippen LogP contribution is 2.28. The van der Waals surface area contributed by atoms with Crippen molar-refractivity contribution in [2.24, 2.45) is 0 Å². The van der Waals surface area contributed by atoms with E-state index in [1.807, 2.05) is 6.92 Å². The summed E-state index contributed by atoms with van der Waals surface area (Å²) in [4.78, 5) is 12.9. The molecule has 2 aliphatic rings. The SMILES string of the molecule is CC(C1CO1)N(C(=O)O)C1CCCCC1. The molecule has 0 aromatic heterocycles. The van der Waals surface area contributed by atoms with Crippen LogP contribution >= 0.6 is 0 Å². The highest BCUT2D eigenvalue weighted by molar-refractivity contribution is 5.66. The Morgan fingerprint density at radius 2 is 2.00 bits per heavy atom. The topological polar surface area (TPSA) is 53.1 Å². The number of carboxylic acid groups (broad SMARTS) is 1. The van der Waals surface area contributed by atoms with Crippen LogP contribution in [0.5, 0.6) is 0 Å². The lowest BCUT2D eigenvalue weighted by atomic mass is 9.93. The summed E-state index contributed by atoms with van der Waals surface area (Å²) in [7, 11) is 0. The zero-order chi connectivity index (χ0) is 10.8. The van der Waals surface area contributed by atoms with Crippen molar-refractivity contribution < 1.29 is 14.6 Å². The van der Waals surface area contributed by atoms with Gasteiger partial charge in [0.05, 0.1) is 12.6 Å². The number of amides is 1. The van der Waals surface area contributed by atoms with Crippen molar-refractivity contribution >= 4 is 6.09 Å². The van der Waals surface area contributed by atoms with E-state index in [0.29, 0.717) is 0 Å². The van der Waals surface area contributed by atoms with Gasteiger partial charge in [0.1, 0.15) is 6.10 Å². The molecular formula is C11H19NO3. The summed E-state index contributed by atoms with van der Waals surface area (Å²) < 4.78 is 5.19. The van der Waals surface area contributed by atoms with Crippen LogP contribution in [0.15, 0.2) is 0 Å². The van der Waals surface area contributed by atoms with E-state index in [-0.39, 0.29) is 18.2 Å². The Morgan fingerprint density at radius 3 is 2.47 bits per heavy atom. The Morgan fingerprint density at radius 1 is 1.40 bits per heavy atom. The van der Waals surface area contributed by atoms with Gasteiger partial charge in [-0.1, -0.05) is 19.3 Å². The molecule has 1 amide bonds. The monoisotopic (exact) mass is 213 g/mol. The molecule has 0 aromatic rings. The first-order valence-electron chi connectivity index (χ1n) is 5.83. The summed E-state index contributed by atoms with van der Waals surface area (Å²) in [6.45, 7) is 2.68. The molecule has 1 saturated carbocycles. The minimum Gasteiger partial charge on any atom is -0.465 e. The van der Waals surface area contributed by atoms with E-state index < -0.39 is 6.09 Å². The molecule has 0 spiro atoms. The molecule has 1 N–H and O–H groups in total. The van der Waals surface area contributed by atoms with Crippen LogP contribution in [0, 0.1) is 0 Å². The summed E-state index contributed by atoms with van der Waals surface area (Å²) in [5.41, 5.74) is 0. The Bertz CT molecular complexity index is 234. The van der Waals surface area contributed by atoms with Crippen LogP contribution in [0.1, 0.15) is 39.0 Å². The number of carbonyl (C=O) groups is 1. The van der Waals surface area contributed by atoms with Crippen LogP contribution in [0.2, 0.25) is 0 Å². The fourth-order valence-corrected chi connectivity index (χ4v) is 2.54. The first kappa shape index (κ1) is 10.7. The van der Waals surface area contributed by atoms with Gasteiger partial charge in [-0.15, -0.1) is 0 Å². The molecule has 15 heavy (non-hydrogen) atoms. The third kappa shape index (κ3) is 2.43. The van der Waals surface area contributed by atoms with Gasteiger partial charge in [-0.3, -0.25) is 4.90 Å². The first-order chi connectivity index (χ1) is 7.20. The van der Waals surface area contributed by atoms with Gasteiger partial charge in [-0.2, -0.15) is 0 Å². The van der Waals surface area contributed by atoms with Gasteiger partial charge < -0.3 is 9.84 Å². The normalized spacial score (nSPS) is 28.5. The quantitative estimate of drug-likeness (QED) is 0.730. The fourth-order valence-electron chi connectivity index (χ4n) is 2.54. The van der Waals surface area contributed by atoms with Crippen molar-refractivity contribution in [1.82, 2.24) is 4.90 Å². The maximum absolute atomic E-state index is 11.2. The second kappa shape index (κ2) is 4.39. The second-order valence-electron chi connectivity index (χ2n) is 4.59. The maximum atomic E-state index is 11.2. The van der Waals surface area contributed by atoms with Crippen molar-refractivity contribution in [1.29, 1.82) is 0 Å². The van der Waals surface area contributed by atoms with Crippen molar-refractivity contribution in [3.63, 3.8) is 0 Å². The van der Waals surface area contributed by atoms with Crippen LogP contribution in [0.3, 0.4) is 0 Å². The third-order valence-electron chi connectivity index (χ3n) is 3.52. The van der Waals surface area contributed by atoms with Crippen LogP contribution in [-0.4, -0.2) is 40.9 Å². The highest BCUT2D eigenvalue weighted by atomic mass is 16.6. The summed E-state index contributed by atoms with van der Waals surface area (Å²) >= 11 is 0. The molecule has 4 nitrogen and oxygen atoms in total. The Hall–Kier alpha value is -0.770. The van der Waals surface area contributed by atoms with Gasteiger partial charge in [-0.05, 0) is 19.8 Å². The number of hydrogen-bond acceptors (Lipinski definition) is 2. The number of ether oxygens (including phenoxy) is 1. The number of epoxide rings is 1. The zero-order valence-corrected chi connectivity index (χ0v) is 9.19. The van der Waals surface area contributed by atoms with Crippen LogP contribution in [0.4, 0.5) is 4.79 Å². The average molecular weight is 213 g/mol. The van der Waals surface area contributed by atoms with E-state index in [1.165, 1.54) is 6.42 Å². The Balaban J connectivity index is 2.00. The van der Waals surface area contributed by atoms with Gasteiger partial charge in [-0.25, -0.2) is 4.79 Å². The minimum atomic E-state index is -0.787. The minimum absolute atomic E-state index is 0.0191. The van der Waals surface area contributed by atoms with Gasteiger partial charge in [0, 0.05) is 6.04 Å². The summed E-state index contributed by atoms with van der Waals surface area (Å²) in [5, 5.41) is 9.24. The second-order valence-corrected chi connectivity index (χ2v) is 4.59. The lowest BCUT2D eigenvalue weighted by molar-refractivity contribution is 0.0788. The van der Waals surface area contributed by atoms with E-state index in [9.17, 15) is 9.90 Å². The summed E-state index contributed by atoms with van der Waals surface area (Å²) in [6, 6.07) is 0.237. The summed E-state index contributed by atoms with van der Waals surface area (Å²) in [5.74, 6) is 0. The van der Waals surface area contributed by atoms with E-state index >= 15 is 0 Å². The van der Waals surface area contributed by atoms with Crippen LogP contribution in [0.25, 0.3) is 0 Å². The molecule has 86 valence electrons. The van der Waals surface area contributed by atoms with Gasteiger partial charge in [0.15, 0.2) is 0 Å². The Kier molecular flexibility index (Phi) is 3.14. The van der Waals surface area contributed by atoms with Crippen molar-refractivity contribution in [3.8, 4) is 0 Å². The van der Waals surface area contributed by atoms with Crippen molar-refractivity contribution in [2.75, 3.05) is 6.61 Å². The molecule has 1 heterocycles. The van der Waals surface area contributed by atoms with Crippen molar-refractivity contribution in [3.05, 3.63) is 0 Å². The van der Waals surface area contributed by atoms with E-state index in [0.717, 1.165) is 32.3 Å².